The molecule has 18 heavy (non-hydrogen) atoms. The van der Waals surface area contributed by atoms with Gasteiger partial charge < -0.3 is 4.74 Å². The molecular weight excluding hydrogens is 248 g/mol. The molecule has 0 saturated carbocycles. The molecule has 0 spiro atoms. The third-order valence-electron chi connectivity index (χ3n) is 3.01. The first-order valence-electron chi connectivity index (χ1n) is 5.63. The molecule has 0 fully saturated rings. The lowest BCUT2D eigenvalue weighted by Gasteiger charge is -2.08. The average Bonchev–Trinajstić information content (AvgIpc) is 2.81. The van der Waals surface area contributed by atoms with E-state index in [2.05, 4.69) is 9.97 Å². The molecule has 1 aromatic carbocycles. The molecular formula is C14H11ClN2O. The van der Waals surface area contributed by atoms with E-state index in [1.807, 2.05) is 30.3 Å². The Morgan fingerprint density at radius 3 is 2.94 bits per heavy atom. The molecule has 0 atom stereocenters. The number of allylic oxidation sites excluding steroid dienone is 1. The molecule has 3 nitrogen and oxygen atoms in total. The summed E-state index contributed by atoms with van der Waals surface area (Å²) in [6.45, 7) is 0. The predicted molar refractivity (Wildman–Crippen MR) is 71.6 cm³/mol. The number of para-hydroxylation sites is 1. The summed E-state index contributed by atoms with van der Waals surface area (Å²) in [5, 5.41) is 0.284. The largest absolute Gasteiger partial charge is 0.496 e. The fraction of sp³-hybridized carbons (Fsp3) is 0.143. The van der Waals surface area contributed by atoms with E-state index in [0.717, 1.165) is 29.0 Å². The van der Waals surface area contributed by atoms with Gasteiger partial charge >= 0.3 is 0 Å². The topological polar surface area (TPSA) is 35.0 Å². The third kappa shape index (κ3) is 1.87. The van der Waals surface area contributed by atoms with Crippen molar-refractivity contribution in [1.29, 1.82) is 0 Å². The van der Waals surface area contributed by atoms with E-state index in [0.29, 0.717) is 0 Å². The summed E-state index contributed by atoms with van der Waals surface area (Å²) in [4.78, 5) is 8.23. The van der Waals surface area contributed by atoms with Gasteiger partial charge in [-0.3, -0.25) is 0 Å². The first-order chi connectivity index (χ1) is 8.78. The maximum absolute atomic E-state index is 5.80. The standard InChI is InChI=1S/C14H11ClN2O/c1-18-13-5-3-2-4-11(13)9-6-10-8-16-14(15)17-12(10)7-9/h2-5,7-8H,6H2,1H3. The van der Waals surface area contributed by atoms with Crippen molar-refractivity contribution in [3.8, 4) is 5.75 Å². The number of aromatic nitrogens is 2. The molecule has 3 rings (SSSR count). The number of halogens is 1. The second kappa shape index (κ2) is 4.42. The van der Waals surface area contributed by atoms with Crippen molar-refractivity contribution in [2.75, 3.05) is 7.11 Å². The summed E-state index contributed by atoms with van der Waals surface area (Å²) >= 11 is 5.80. The second-order valence-corrected chi connectivity index (χ2v) is 4.43. The zero-order valence-corrected chi connectivity index (χ0v) is 10.6. The van der Waals surface area contributed by atoms with Crippen LogP contribution in [0.15, 0.2) is 30.5 Å². The predicted octanol–water partition coefficient (Wildman–Crippen LogP) is 3.24. The van der Waals surface area contributed by atoms with Crippen LogP contribution in [0.5, 0.6) is 5.75 Å². The Kier molecular flexibility index (Phi) is 2.76. The van der Waals surface area contributed by atoms with E-state index in [1.54, 1.807) is 13.3 Å². The number of rotatable bonds is 2. The van der Waals surface area contributed by atoms with Crippen LogP contribution >= 0.6 is 11.6 Å². The first-order valence-corrected chi connectivity index (χ1v) is 6.01. The molecule has 0 amide bonds. The van der Waals surface area contributed by atoms with Gasteiger partial charge in [0.05, 0.1) is 12.8 Å². The summed E-state index contributed by atoms with van der Waals surface area (Å²) in [5.41, 5.74) is 4.27. The van der Waals surface area contributed by atoms with E-state index in [1.165, 1.54) is 5.57 Å². The number of ether oxygens (including phenoxy) is 1. The second-order valence-electron chi connectivity index (χ2n) is 4.10. The molecule has 1 aromatic heterocycles. The Morgan fingerprint density at radius 1 is 1.28 bits per heavy atom. The molecule has 90 valence electrons. The minimum absolute atomic E-state index is 0.284. The van der Waals surface area contributed by atoms with Crippen LogP contribution in [0.3, 0.4) is 0 Å². The maximum atomic E-state index is 5.80. The van der Waals surface area contributed by atoms with E-state index in [4.69, 9.17) is 16.3 Å². The number of fused-ring (bicyclic) bond motifs is 1. The van der Waals surface area contributed by atoms with Gasteiger partial charge in [-0.05, 0) is 29.3 Å². The van der Waals surface area contributed by atoms with Gasteiger partial charge in [0.25, 0.3) is 0 Å². The molecule has 1 aliphatic carbocycles. The van der Waals surface area contributed by atoms with Gasteiger partial charge in [-0.2, -0.15) is 0 Å². The highest BCUT2D eigenvalue weighted by atomic mass is 35.5. The number of hydrogen-bond donors (Lipinski definition) is 0. The normalized spacial score (nSPS) is 13.1. The molecule has 0 aliphatic heterocycles. The van der Waals surface area contributed by atoms with E-state index < -0.39 is 0 Å². The van der Waals surface area contributed by atoms with Crippen LogP contribution in [0.25, 0.3) is 11.6 Å². The van der Waals surface area contributed by atoms with Crippen molar-refractivity contribution in [1.82, 2.24) is 9.97 Å². The van der Waals surface area contributed by atoms with Crippen molar-refractivity contribution < 1.29 is 4.74 Å². The molecule has 2 aromatic rings. The number of methoxy groups -OCH3 is 1. The summed E-state index contributed by atoms with van der Waals surface area (Å²) in [5.74, 6) is 0.871. The molecule has 1 aliphatic rings. The Balaban J connectivity index is 2.04. The highest BCUT2D eigenvalue weighted by Crippen LogP contribution is 2.34. The van der Waals surface area contributed by atoms with Gasteiger partial charge in [-0.15, -0.1) is 0 Å². The van der Waals surface area contributed by atoms with Crippen LogP contribution < -0.4 is 4.74 Å². The van der Waals surface area contributed by atoms with Crippen LogP contribution in [-0.2, 0) is 6.42 Å². The van der Waals surface area contributed by atoms with Gasteiger partial charge in [-0.25, -0.2) is 9.97 Å². The van der Waals surface area contributed by atoms with Gasteiger partial charge in [-0.1, -0.05) is 18.2 Å². The van der Waals surface area contributed by atoms with E-state index in [9.17, 15) is 0 Å². The molecule has 0 saturated heterocycles. The Labute approximate surface area is 110 Å². The highest BCUT2D eigenvalue weighted by molar-refractivity contribution is 6.28. The van der Waals surface area contributed by atoms with E-state index >= 15 is 0 Å². The summed E-state index contributed by atoms with van der Waals surface area (Å²) in [6, 6.07) is 7.96. The summed E-state index contributed by atoms with van der Waals surface area (Å²) in [6.07, 6.45) is 4.64. The van der Waals surface area contributed by atoms with Crippen molar-refractivity contribution in [2.24, 2.45) is 0 Å². The van der Waals surface area contributed by atoms with Crippen molar-refractivity contribution in [3.05, 3.63) is 52.6 Å². The van der Waals surface area contributed by atoms with E-state index in [-0.39, 0.29) is 5.28 Å². The lowest BCUT2D eigenvalue weighted by atomic mass is 10.0. The quantitative estimate of drug-likeness (QED) is 0.776. The summed E-state index contributed by atoms with van der Waals surface area (Å²) < 4.78 is 5.38. The minimum Gasteiger partial charge on any atom is -0.496 e. The third-order valence-corrected chi connectivity index (χ3v) is 3.20. The van der Waals surface area contributed by atoms with Gasteiger partial charge in [0, 0.05) is 23.7 Å². The minimum atomic E-state index is 0.284. The zero-order chi connectivity index (χ0) is 12.5. The Bertz CT molecular complexity index is 637. The number of benzene rings is 1. The monoisotopic (exact) mass is 258 g/mol. The average molecular weight is 259 g/mol. The number of nitrogens with zero attached hydrogens (tertiary/aromatic N) is 2. The van der Waals surface area contributed by atoms with Crippen LogP contribution in [0.1, 0.15) is 16.8 Å². The molecule has 1 heterocycles. The van der Waals surface area contributed by atoms with Gasteiger partial charge in [0.2, 0.25) is 5.28 Å². The lowest BCUT2D eigenvalue weighted by molar-refractivity contribution is 0.413. The fourth-order valence-corrected chi connectivity index (χ4v) is 2.30. The fourth-order valence-electron chi connectivity index (χ4n) is 2.16. The Morgan fingerprint density at radius 2 is 2.11 bits per heavy atom. The smallest absolute Gasteiger partial charge is 0.222 e. The summed E-state index contributed by atoms with van der Waals surface area (Å²) in [7, 11) is 1.68. The molecule has 0 radical (unpaired) electrons. The van der Waals surface area contributed by atoms with Crippen molar-refractivity contribution in [3.63, 3.8) is 0 Å². The first kappa shape index (κ1) is 11.2. The molecule has 0 unspecified atom stereocenters. The van der Waals surface area contributed by atoms with Crippen LogP contribution in [0.4, 0.5) is 0 Å². The van der Waals surface area contributed by atoms with Crippen LogP contribution in [0, 0.1) is 0 Å². The van der Waals surface area contributed by atoms with Gasteiger partial charge in [0.15, 0.2) is 0 Å². The van der Waals surface area contributed by atoms with Crippen LogP contribution in [-0.4, -0.2) is 17.1 Å². The SMILES string of the molecule is COc1ccccc1C1=Cc2nc(Cl)ncc2C1. The molecule has 0 N–H and O–H groups in total. The van der Waals surface area contributed by atoms with Crippen LogP contribution in [0.2, 0.25) is 5.28 Å². The number of hydrogen-bond acceptors (Lipinski definition) is 3. The zero-order valence-electron chi connectivity index (χ0n) is 9.85. The highest BCUT2D eigenvalue weighted by Gasteiger charge is 2.18. The van der Waals surface area contributed by atoms with Crippen molar-refractivity contribution in [2.45, 2.75) is 6.42 Å². The maximum Gasteiger partial charge on any atom is 0.222 e. The van der Waals surface area contributed by atoms with Gasteiger partial charge in [0.1, 0.15) is 5.75 Å². The Hall–Kier alpha value is -1.87. The lowest BCUT2D eigenvalue weighted by Crippen LogP contribution is -1.92. The molecule has 0 bridgehead atoms. The van der Waals surface area contributed by atoms with Crippen molar-refractivity contribution >= 4 is 23.3 Å². The molecule has 4 heteroatoms.